The standard InChI is InChI=1S/C20H12ClFN2O4S/c1-27-19(26)11-3-5-14-17(9-11)29-20(23-14)24-18(25)16-7-6-15(28-16)10-2-4-13(22)12(21)8-10/h2-9H,1H3,(H,23,24,25). The maximum absolute atomic E-state index is 13.3. The summed E-state index contributed by atoms with van der Waals surface area (Å²) in [7, 11) is 1.31. The first-order valence-corrected chi connectivity index (χ1v) is 9.49. The Labute approximate surface area is 172 Å². The molecule has 0 saturated heterocycles. The number of thiazole rings is 1. The number of methoxy groups -OCH3 is 1. The first-order valence-electron chi connectivity index (χ1n) is 8.30. The molecule has 1 amide bonds. The first-order chi connectivity index (χ1) is 13.9. The summed E-state index contributed by atoms with van der Waals surface area (Å²) in [6.07, 6.45) is 0. The Balaban J connectivity index is 1.54. The Hall–Kier alpha value is -3.23. The number of rotatable bonds is 4. The van der Waals surface area contributed by atoms with Crippen LogP contribution in [0.15, 0.2) is 52.9 Å². The van der Waals surface area contributed by atoms with E-state index < -0.39 is 17.7 Å². The zero-order valence-corrected chi connectivity index (χ0v) is 16.4. The van der Waals surface area contributed by atoms with E-state index in [-0.39, 0.29) is 10.8 Å². The molecule has 0 saturated carbocycles. The van der Waals surface area contributed by atoms with Crippen LogP contribution in [0.5, 0.6) is 0 Å². The van der Waals surface area contributed by atoms with Gasteiger partial charge in [-0.3, -0.25) is 10.1 Å². The van der Waals surface area contributed by atoms with Crippen LogP contribution < -0.4 is 5.32 Å². The molecule has 146 valence electrons. The monoisotopic (exact) mass is 430 g/mol. The number of nitrogens with one attached hydrogen (secondary N) is 1. The third kappa shape index (κ3) is 3.85. The Morgan fingerprint density at radius 2 is 2.00 bits per heavy atom. The fourth-order valence-corrected chi connectivity index (χ4v) is 3.73. The highest BCUT2D eigenvalue weighted by Crippen LogP contribution is 2.29. The minimum absolute atomic E-state index is 0.0364. The quantitative estimate of drug-likeness (QED) is 0.439. The van der Waals surface area contributed by atoms with Gasteiger partial charge in [0, 0.05) is 5.56 Å². The second kappa shape index (κ2) is 7.65. The Morgan fingerprint density at radius 3 is 2.76 bits per heavy atom. The van der Waals surface area contributed by atoms with Gasteiger partial charge in [0.25, 0.3) is 5.91 Å². The number of carbonyl (C=O) groups excluding carboxylic acids is 2. The molecule has 0 atom stereocenters. The van der Waals surface area contributed by atoms with Crippen molar-refractivity contribution in [3.63, 3.8) is 0 Å². The maximum Gasteiger partial charge on any atom is 0.337 e. The predicted octanol–water partition coefficient (Wildman–Crippen LogP) is 5.39. The second-order valence-electron chi connectivity index (χ2n) is 5.94. The highest BCUT2D eigenvalue weighted by molar-refractivity contribution is 7.22. The summed E-state index contributed by atoms with van der Waals surface area (Å²) in [5, 5.41) is 2.99. The lowest BCUT2D eigenvalue weighted by molar-refractivity contribution is 0.0601. The van der Waals surface area contributed by atoms with Crippen LogP contribution in [0.1, 0.15) is 20.9 Å². The van der Waals surface area contributed by atoms with E-state index in [1.54, 1.807) is 24.3 Å². The molecule has 0 bridgehead atoms. The third-order valence-corrected chi connectivity index (χ3v) is 5.29. The fraction of sp³-hybridized carbons (Fsp3) is 0.0500. The molecule has 4 aromatic rings. The molecule has 0 aliphatic rings. The number of furan rings is 1. The van der Waals surface area contributed by atoms with Crippen molar-refractivity contribution < 1.29 is 23.1 Å². The third-order valence-electron chi connectivity index (χ3n) is 4.06. The molecule has 0 aliphatic carbocycles. The van der Waals surface area contributed by atoms with Crippen LogP contribution in [0.4, 0.5) is 9.52 Å². The summed E-state index contributed by atoms with van der Waals surface area (Å²) in [4.78, 5) is 28.4. The number of carbonyl (C=O) groups is 2. The molecule has 4 rings (SSSR count). The van der Waals surface area contributed by atoms with Gasteiger partial charge in [-0.05, 0) is 48.5 Å². The topological polar surface area (TPSA) is 81.4 Å². The predicted molar refractivity (Wildman–Crippen MR) is 108 cm³/mol. The summed E-state index contributed by atoms with van der Waals surface area (Å²) in [6, 6.07) is 12.2. The summed E-state index contributed by atoms with van der Waals surface area (Å²) < 4.78 is 24.3. The minimum Gasteiger partial charge on any atom is -0.465 e. The summed E-state index contributed by atoms with van der Waals surface area (Å²) in [5.74, 6) is -1.03. The molecule has 0 unspecified atom stereocenters. The molecule has 2 aromatic heterocycles. The van der Waals surface area contributed by atoms with E-state index >= 15 is 0 Å². The Kier molecular flexibility index (Phi) is 5.04. The van der Waals surface area contributed by atoms with Crippen LogP contribution in [0, 0.1) is 5.82 Å². The first kappa shape index (κ1) is 19.1. The van der Waals surface area contributed by atoms with E-state index in [2.05, 4.69) is 10.3 Å². The van der Waals surface area contributed by atoms with Crippen LogP contribution in [-0.2, 0) is 4.74 Å². The number of anilines is 1. The van der Waals surface area contributed by atoms with Crippen molar-refractivity contribution in [2.75, 3.05) is 12.4 Å². The van der Waals surface area contributed by atoms with Crippen molar-refractivity contribution in [2.24, 2.45) is 0 Å². The molecule has 6 nitrogen and oxygen atoms in total. The van der Waals surface area contributed by atoms with Crippen molar-refractivity contribution in [1.29, 1.82) is 0 Å². The molecule has 0 spiro atoms. The molecule has 1 N–H and O–H groups in total. The lowest BCUT2D eigenvalue weighted by Gasteiger charge is -2.00. The fourth-order valence-electron chi connectivity index (χ4n) is 2.65. The Bertz CT molecular complexity index is 1250. The van der Waals surface area contributed by atoms with Gasteiger partial charge < -0.3 is 9.15 Å². The van der Waals surface area contributed by atoms with Crippen LogP contribution in [-0.4, -0.2) is 24.0 Å². The van der Waals surface area contributed by atoms with Crippen LogP contribution in [0.25, 0.3) is 21.5 Å². The molecule has 0 radical (unpaired) electrons. The van der Waals surface area contributed by atoms with Crippen LogP contribution in [0.2, 0.25) is 5.02 Å². The van der Waals surface area contributed by atoms with Crippen molar-refractivity contribution in [1.82, 2.24) is 4.98 Å². The van der Waals surface area contributed by atoms with Gasteiger partial charge in [0.1, 0.15) is 11.6 Å². The highest BCUT2D eigenvalue weighted by Gasteiger charge is 2.16. The van der Waals surface area contributed by atoms with Gasteiger partial charge in [0.2, 0.25) is 0 Å². The van der Waals surface area contributed by atoms with Gasteiger partial charge >= 0.3 is 5.97 Å². The van der Waals surface area contributed by atoms with Gasteiger partial charge in [0.05, 0.1) is 27.9 Å². The Morgan fingerprint density at radius 1 is 1.17 bits per heavy atom. The number of nitrogens with zero attached hydrogens (tertiary/aromatic N) is 1. The van der Waals surface area contributed by atoms with Crippen molar-refractivity contribution in [2.45, 2.75) is 0 Å². The largest absolute Gasteiger partial charge is 0.465 e. The summed E-state index contributed by atoms with van der Waals surface area (Å²) >= 11 is 7.00. The number of ether oxygens (including phenoxy) is 1. The molecule has 9 heteroatoms. The van der Waals surface area contributed by atoms with Crippen molar-refractivity contribution >= 4 is 50.2 Å². The van der Waals surface area contributed by atoms with E-state index in [1.165, 1.54) is 42.7 Å². The van der Waals surface area contributed by atoms with E-state index in [9.17, 15) is 14.0 Å². The molecule has 2 heterocycles. The average Bonchev–Trinajstić information content (AvgIpc) is 3.35. The number of esters is 1. The van der Waals surface area contributed by atoms with Gasteiger partial charge in [-0.2, -0.15) is 0 Å². The highest BCUT2D eigenvalue weighted by atomic mass is 35.5. The number of amides is 1. The molecule has 29 heavy (non-hydrogen) atoms. The smallest absolute Gasteiger partial charge is 0.337 e. The molecule has 0 fully saturated rings. The van der Waals surface area contributed by atoms with Crippen molar-refractivity contribution in [3.8, 4) is 11.3 Å². The van der Waals surface area contributed by atoms with E-state index in [4.69, 9.17) is 20.8 Å². The van der Waals surface area contributed by atoms with E-state index in [0.29, 0.717) is 27.5 Å². The lowest BCUT2D eigenvalue weighted by Crippen LogP contribution is -2.10. The summed E-state index contributed by atoms with van der Waals surface area (Å²) in [5.41, 5.74) is 1.58. The van der Waals surface area contributed by atoms with Crippen LogP contribution in [0.3, 0.4) is 0 Å². The number of hydrogen-bond acceptors (Lipinski definition) is 6. The van der Waals surface area contributed by atoms with Crippen molar-refractivity contribution in [3.05, 3.63) is 70.7 Å². The van der Waals surface area contributed by atoms with Gasteiger partial charge in [-0.25, -0.2) is 14.2 Å². The number of hydrogen-bond donors (Lipinski definition) is 1. The van der Waals surface area contributed by atoms with Crippen LogP contribution >= 0.6 is 22.9 Å². The molecular formula is C20H12ClFN2O4S. The number of aromatic nitrogens is 1. The number of halogens is 2. The lowest BCUT2D eigenvalue weighted by atomic mass is 10.2. The van der Waals surface area contributed by atoms with Gasteiger partial charge in [0.15, 0.2) is 10.9 Å². The average molecular weight is 431 g/mol. The summed E-state index contributed by atoms with van der Waals surface area (Å²) in [6.45, 7) is 0. The second-order valence-corrected chi connectivity index (χ2v) is 7.38. The molecular weight excluding hydrogens is 419 g/mol. The zero-order chi connectivity index (χ0) is 20.5. The number of benzene rings is 2. The molecule has 2 aromatic carbocycles. The zero-order valence-electron chi connectivity index (χ0n) is 14.9. The minimum atomic E-state index is -0.536. The number of fused-ring (bicyclic) bond motifs is 1. The molecule has 0 aliphatic heterocycles. The maximum atomic E-state index is 13.3. The SMILES string of the molecule is COC(=O)c1ccc2nc(NC(=O)c3ccc(-c4ccc(F)c(Cl)c4)o3)sc2c1. The van der Waals surface area contributed by atoms with E-state index in [1.807, 2.05) is 0 Å². The van der Waals surface area contributed by atoms with Gasteiger partial charge in [-0.15, -0.1) is 0 Å². The van der Waals surface area contributed by atoms with E-state index in [0.717, 1.165) is 4.70 Å². The van der Waals surface area contributed by atoms with Gasteiger partial charge in [-0.1, -0.05) is 22.9 Å². The normalized spacial score (nSPS) is 10.9.